The number of carboxylic acids is 1. The van der Waals surface area contributed by atoms with Crippen LogP contribution in [-0.4, -0.2) is 32.3 Å². The standard InChI is InChI=1S/C13H21N3O3/c1-8(2)13(4,7-11(17)18)14-12(19)10-6-9(3)15-16(10)5/h6,8H,7H2,1-5H3,(H,14,19)(H,17,18). The molecule has 1 rings (SSSR count). The van der Waals surface area contributed by atoms with Crippen LogP contribution in [0.5, 0.6) is 0 Å². The van der Waals surface area contributed by atoms with Crippen LogP contribution in [0.15, 0.2) is 6.07 Å². The number of carbonyl (C=O) groups is 2. The molecule has 0 aliphatic rings. The van der Waals surface area contributed by atoms with Crippen molar-refractivity contribution in [3.05, 3.63) is 17.5 Å². The van der Waals surface area contributed by atoms with Crippen LogP contribution in [-0.2, 0) is 11.8 Å². The first-order chi connectivity index (χ1) is 8.65. The van der Waals surface area contributed by atoms with Crippen molar-refractivity contribution < 1.29 is 14.7 Å². The van der Waals surface area contributed by atoms with E-state index in [2.05, 4.69) is 10.4 Å². The van der Waals surface area contributed by atoms with Crippen LogP contribution in [0.3, 0.4) is 0 Å². The third-order valence-corrected chi connectivity index (χ3v) is 3.43. The molecule has 1 aromatic heterocycles. The summed E-state index contributed by atoms with van der Waals surface area (Å²) >= 11 is 0. The second kappa shape index (κ2) is 5.42. The molecule has 1 unspecified atom stereocenters. The molecule has 1 atom stereocenters. The lowest BCUT2D eigenvalue weighted by atomic mass is 9.85. The minimum Gasteiger partial charge on any atom is -0.481 e. The molecule has 0 spiro atoms. The van der Waals surface area contributed by atoms with Crippen molar-refractivity contribution in [3.8, 4) is 0 Å². The summed E-state index contributed by atoms with van der Waals surface area (Å²) in [6, 6.07) is 1.68. The zero-order chi connectivity index (χ0) is 14.8. The lowest BCUT2D eigenvalue weighted by Crippen LogP contribution is -2.51. The molecule has 19 heavy (non-hydrogen) atoms. The summed E-state index contributed by atoms with van der Waals surface area (Å²) in [5.74, 6) is -1.24. The molecule has 0 saturated heterocycles. The van der Waals surface area contributed by atoms with Crippen LogP contribution in [0.25, 0.3) is 0 Å². The molecule has 2 N–H and O–H groups in total. The quantitative estimate of drug-likeness (QED) is 0.843. The van der Waals surface area contributed by atoms with E-state index in [1.807, 2.05) is 13.8 Å². The Morgan fingerprint density at radius 3 is 2.47 bits per heavy atom. The van der Waals surface area contributed by atoms with Gasteiger partial charge in [-0.25, -0.2) is 0 Å². The van der Waals surface area contributed by atoms with E-state index in [4.69, 9.17) is 5.11 Å². The van der Waals surface area contributed by atoms with Crippen LogP contribution in [0.4, 0.5) is 0 Å². The highest BCUT2D eigenvalue weighted by atomic mass is 16.4. The van der Waals surface area contributed by atoms with Gasteiger partial charge in [0.1, 0.15) is 5.69 Å². The highest BCUT2D eigenvalue weighted by Gasteiger charge is 2.33. The molecular formula is C13H21N3O3. The zero-order valence-corrected chi connectivity index (χ0v) is 12.0. The summed E-state index contributed by atoms with van der Waals surface area (Å²) in [4.78, 5) is 23.2. The number of carboxylic acid groups (broad SMARTS) is 1. The molecule has 6 heteroatoms. The number of rotatable bonds is 5. The van der Waals surface area contributed by atoms with E-state index >= 15 is 0 Å². The van der Waals surface area contributed by atoms with Crippen LogP contribution in [0, 0.1) is 12.8 Å². The van der Waals surface area contributed by atoms with E-state index in [0.717, 1.165) is 5.69 Å². The lowest BCUT2D eigenvalue weighted by molar-refractivity contribution is -0.138. The Kier molecular flexibility index (Phi) is 4.34. The van der Waals surface area contributed by atoms with Gasteiger partial charge in [-0.15, -0.1) is 0 Å². The number of hydrogen-bond acceptors (Lipinski definition) is 3. The Hall–Kier alpha value is -1.85. The molecular weight excluding hydrogens is 246 g/mol. The highest BCUT2D eigenvalue weighted by Crippen LogP contribution is 2.21. The first-order valence-corrected chi connectivity index (χ1v) is 6.20. The van der Waals surface area contributed by atoms with Gasteiger partial charge in [-0.3, -0.25) is 14.3 Å². The van der Waals surface area contributed by atoms with E-state index in [0.29, 0.717) is 5.69 Å². The first-order valence-electron chi connectivity index (χ1n) is 6.20. The van der Waals surface area contributed by atoms with Gasteiger partial charge in [0.2, 0.25) is 0 Å². The topological polar surface area (TPSA) is 84.2 Å². The fourth-order valence-corrected chi connectivity index (χ4v) is 1.85. The molecule has 0 saturated carbocycles. The third-order valence-electron chi connectivity index (χ3n) is 3.43. The number of aryl methyl sites for hydroxylation is 2. The molecule has 0 bridgehead atoms. The fraction of sp³-hybridized carbons (Fsp3) is 0.615. The summed E-state index contributed by atoms with van der Waals surface area (Å²) in [5.41, 5.74) is 0.382. The minimum atomic E-state index is -0.933. The smallest absolute Gasteiger partial charge is 0.305 e. The Labute approximate surface area is 112 Å². The number of aromatic nitrogens is 2. The van der Waals surface area contributed by atoms with Gasteiger partial charge in [0, 0.05) is 7.05 Å². The van der Waals surface area contributed by atoms with Gasteiger partial charge >= 0.3 is 5.97 Å². The molecule has 0 aromatic carbocycles. The van der Waals surface area contributed by atoms with Crippen molar-refractivity contribution in [2.45, 2.75) is 39.7 Å². The number of carbonyl (C=O) groups excluding carboxylic acids is 1. The Bertz CT molecular complexity index is 493. The number of hydrogen-bond donors (Lipinski definition) is 2. The molecule has 1 aromatic rings. The maximum atomic E-state index is 12.2. The van der Waals surface area contributed by atoms with Crippen LogP contribution >= 0.6 is 0 Å². The van der Waals surface area contributed by atoms with E-state index in [9.17, 15) is 9.59 Å². The second-order valence-corrected chi connectivity index (χ2v) is 5.39. The molecule has 0 aliphatic carbocycles. The average Bonchev–Trinajstić information content (AvgIpc) is 2.56. The number of nitrogens with zero attached hydrogens (tertiary/aromatic N) is 2. The lowest BCUT2D eigenvalue weighted by Gasteiger charge is -2.33. The molecule has 1 heterocycles. The summed E-state index contributed by atoms with van der Waals surface area (Å²) in [6.45, 7) is 7.32. The van der Waals surface area contributed by atoms with Gasteiger partial charge in [0.05, 0.1) is 17.7 Å². The first kappa shape index (κ1) is 15.2. The fourth-order valence-electron chi connectivity index (χ4n) is 1.85. The van der Waals surface area contributed by atoms with Crippen LogP contribution in [0.1, 0.15) is 43.4 Å². The van der Waals surface area contributed by atoms with Gasteiger partial charge in [0.25, 0.3) is 5.91 Å². The summed E-state index contributed by atoms with van der Waals surface area (Å²) < 4.78 is 1.49. The predicted octanol–water partition coefficient (Wildman–Crippen LogP) is 1.35. The number of aliphatic carboxylic acids is 1. The highest BCUT2D eigenvalue weighted by molar-refractivity contribution is 5.93. The van der Waals surface area contributed by atoms with E-state index in [1.54, 1.807) is 27.0 Å². The summed E-state index contributed by atoms with van der Waals surface area (Å²) in [7, 11) is 1.69. The van der Waals surface area contributed by atoms with E-state index in [-0.39, 0.29) is 18.2 Å². The van der Waals surface area contributed by atoms with Crippen LogP contribution < -0.4 is 5.32 Å². The van der Waals surface area contributed by atoms with Crippen molar-refractivity contribution in [2.75, 3.05) is 0 Å². The third kappa shape index (κ3) is 3.56. The normalized spacial score (nSPS) is 14.2. The maximum Gasteiger partial charge on any atom is 0.305 e. The molecule has 106 valence electrons. The van der Waals surface area contributed by atoms with E-state index in [1.165, 1.54) is 4.68 Å². The summed E-state index contributed by atoms with van der Waals surface area (Å²) in [5, 5.41) is 15.9. The van der Waals surface area contributed by atoms with Crippen molar-refractivity contribution >= 4 is 11.9 Å². The second-order valence-electron chi connectivity index (χ2n) is 5.39. The number of nitrogens with one attached hydrogen (secondary N) is 1. The Balaban J connectivity index is 2.94. The van der Waals surface area contributed by atoms with Crippen molar-refractivity contribution in [2.24, 2.45) is 13.0 Å². The molecule has 0 aliphatic heterocycles. The van der Waals surface area contributed by atoms with Crippen LogP contribution in [0.2, 0.25) is 0 Å². The minimum absolute atomic E-state index is 0.00174. The Morgan fingerprint density at radius 1 is 1.53 bits per heavy atom. The van der Waals surface area contributed by atoms with Gasteiger partial charge in [-0.2, -0.15) is 5.10 Å². The average molecular weight is 267 g/mol. The SMILES string of the molecule is Cc1cc(C(=O)NC(C)(CC(=O)O)C(C)C)n(C)n1. The number of amides is 1. The van der Waals surface area contributed by atoms with Crippen molar-refractivity contribution in [3.63, 3.8) is 0 Å². The summed E-state index contributed by atoms with van der Waals surface area (Å²) in [6.07, 6.45) is -0.118. The largest absolute Gasteiger partial charge is 0.481 e. The van der Waals surface area contributed by atoms with E-state index < -0.39 is 11.5 Å². The molecule has 0 fully saturated rings. The maximum absolute atomic E-state index is 12.2. The van der Waals surface area contributed by atoms with Gasteiger partial charge in [-0.1, -0.05) is 13.8 Å². The monoisotopic (exact) mass is 267 g/mol. The van der Waals surface area contributed by atoms with Gasteiger partial charge in [0.15, 0.2) is 0 Å². The molecule has 6 nitrogen and oxygen atoms in total. The predicted molar refractivity (Wildman–Crippen MR) is 70.9 cm³/mol. The molecule has 1 amide bonds. The molecule has 0 radical (unpaired) electrons. The van der Waals surface area contributed by atoms with Crippen molar-refractivity contribution in [1.82, 2.24) is 15.1 Å². The van der Waals surface area contributed by atoms with Crippen molar-refractivity contribution in [1.29, 1.82) is 0 Å². The zero-order valence-electron chi connectivity index (χ0n) is 12.0. The van der Waals surface area contributed by atoms with Gasteiger partial charge < -0.3 is 10.4 Å². The van der Waals surface area contributed by atoms with Gasteiger partial charge in [-0.05, 0) is 25.8 Å². The Morgan fingerprint density at radius 2 is 2.11 bits per heavy atom.